The first-order valence-corrected chi connectivity index (χ1v) is 6.56. The molecular weight excluding hydrogens is 202 g/mol. The fraction of sp³-hybridized carbons (Fsp3) is 0.923. The number of nitrogens with zero attached hydrogens (tertiary/aromatic N) is 1. The first kappa shape index (κ1) is 17.8. The summed E-state index contributed by atoms with van der Waals surface area (Å²) in [6, 6.07) is 0. The van der Waals surface area contributed by atoms with E-state index in [2.05, 4.69) is 27.7 Å². The molecule has 0 atom stereocenters. The van der Waals surface area contributed by atoms with Gasteiger partial charge in [-0.1, -0.05) is 27.7 Å². The number of hydrogen-bond donors (Lipinski definition) is 0. The van der Waals surface area contributed by atoms with E-state index in [1.807, 2.05) is 0 Å². The monoisotopic (exact) mass is 231 g/mol. The lowest BCUT2D eigenvalue weighted by Crippen LogP contribution is -2.50. The number of carboxylic acid groups (broad SMARTS) is 1. The molecule has 3 heteroatoms. The third-order valence-electron chi connectivity index (χ3n) is 2.79. The second-order valence-electron chi connectivity index (χ2n) is 4.33. The molecule has 0 aliphatic rings. The summed E-state index contributed by atoms with van der Waals surface area (Å²) >= 11 is 0. The van der Waals surface area contributed by atoms with Gasteiger partial charge in [0.05, 0.1) is 26.2 Å². The highest BCUT2D eigenvalue weighted by molar-refractivity contribution is 5.29. The fourth-order valence-electron chi connectivity index (χ4n) is 2.57. The van der Waals surface area contributed by atoms with Gasteiger partial charge in [0.15, 0.2) is 0 Å². The molecule has 0 radical (unpaired) electrons. The summed E-state index contributed by atoms with van der Waals surface area (Å²) in [5.41, 5.74) is 0. The molecule has 0 saturated heterocycles. The quantitative estimate of drug-likeness (QED) is 0.472. The maximum atomic E-state index is 8.25. The summed E-state index contributed by atoms with van der Waals surface area (Å²) < 4.78 is 1.38. The zero-order valence-electron chi connectivity index (χ0n) is 11.5. The standard InChI is InChI=1S/C12H28N.CH2O2/c1-5-9-13(10-6-2,11-7-3)12-8-4;2-1-3/h5-12H2,1-4H3;1H,(H,2,3)/q+1;/p-1. The van der Waals surface area contributed by atoms with Crippen molar-refractivity contribution in [3.63, 3.8) is 0 Å². The minimum Gasteiger partial charge on any atom is -0.554 e. The zero-order chi connectivity index (χ0) is 12.9. The molecule has 0 fully saturated rings. The van der Waals surface area contributed by atoms with Crippen LogP contribution in [0.5, 0.6) is 0 Å². The van der Waals surface area contributed by atoms with E-state index < -0.39 is 6.47 Å². The molecule has 0 spiro atoms. The van der Waals surface area contributed by atoms with Crippen molar-refractivity contribution >= 4 is 6.47 Å². The minimum atomic E-state index is -0.500. The van der Waals surface area contributed by atoms with E-state index in [4.69, 9.17) is 9.90 Å². The van der Waals surface area contributed by atoms with E-state index in [9.17, 15) is 0 Å². The van der Waals surface area contributed by atoms with E-state index in [0.29, 0.717) is 0 Å². The van der Waals surface area contributed by atoms with E-state index in [-0.39, 0.29) is 0 Å². The van der Waals surface area contributed by atoms with Gasteiger partial charge in [-0.3, -0.25) is 0 Å². The highest BCUT2D eigenvalue weighted by Crippen LogP contribution is 2.12. The molecule has 0 bridgehead atoms. The number of rotatable bonds is 8. The van der Waals surface area contributed by atoms with Gasteiger partial charge in [-0.05, 0) is 25.7 Å². The van der Waals surface area contributed by atoms with Crippen molar-refractivity contribution in [3.05, 3.63) is 0 Å². The molecule has 98 valence electrons. The first-order chi connectivity index (χ1) is 7.66. The summed E-state index contributed by atoms with van der Waals surface area (Å²) in [5.74, 6) is 0. The fourth-order valence-corrected chi connectivity index (χ4v) is 2.57. The zero-order valence-corrected chi connectivity index (χ0v) is 11.5. The Labute approximate surface area is 101 Å². The molecular formula is C13H29NO2. The molecule has 0 rings (SSSR count). The van der Waals surface area contributed by atoms with Crippen LogP contribution in [0.2, 0.25) is 0 Å². The van der Waals surface area contributed by atoms with Gasteiger partial charge in [-0.2, -0.15) is 0 Å². The van der Waals surface area contributed by atoms with Gasteiger partial charge >= 0.3 is 0 Å². The lowest BCUT2D eigenvalue weighted by molar-refractivity contribution is -0.928. The molecule has 0 aromatic heterocycles. The average molecular weight is 231 g/mol. The maximum Gasteiger partial charge on any atom is 0.0783 e. The third kappa shape index (κ3) is 8.72. The van der Waals surface area contributed by atoms with Crippen LogP contribution in [0.15, 0.2) is 0 Å². The second-order valence-corrected chi connectivity index (χ2v) is 4.33. The van der Waals surface area contributed by atoms with Crippen LogP contribution < -0.4 is 5.11 Å². The predicted molar refractivity (Wildman–Crippen MR) is 67.0 cm³/mol. The Hall–Kier alpha value is -0.570. The maximum absolute atomic E-state index is 8.25. The molecule has 0 saturated carbocycles. The minimum absolute atomic E-state index is 0.500. The summed E-state index contributed by atoms with van der Waals surface area (Å²) in [4.78, 5) is 8.25. The first-order valence-electron chi connectivity index (χ1n) is 6.56. The lowest BCUT2D eigenvalue weighted by atomic mass is 10.2. The van der Waals surface area contributed by atoms with Crippen LogP contribution in [-0.4, -0.2) is 37.1 Å². The average Bonchev–Trinajstić information content (AvgIpc) is 2.20. The van der Waals surface area contributed by atoms with Crippen LogP contribution in [0.1, 0.15) is 53.4 Å². The van der Waals surface area contributed by atoms with Gasteiger partial charge in [0.2, 0.25) is 0 Å². The number of quaternary nitrogens is 1. The van der Waals surface area contributed by atoms with Crippen LogP contribution in [0.25, 0.3) is 0 Å². The summed E-state index contributed by atoms with van der Waals surface area (Å²) in [6.45, 7) is 14.3. The Morgan fingerprint density at radius 1 is 0.812 bits per heavy atom. The summed E-state index contributed by atoms with van der Waals surface area (Å²) in [7, 11) is 0. The van der Waals surface area contributed by atoms with E-state index in [0.717, 1.165) is 0 Å². The topological polar surface area (TPSA) is 40.1 Å². The van der Waals surface area contributed by atoms with Crippen molar-refractivity contribution in [3.8, 4) is 0 Å². The molecule has 0 aromatic carbocycles. The Morgan fingerprint density at radius 3 is 1.12 bits per heavy atom. The highest BCUT2D eigenvalue weighted by Gasteiger charge is 2.22. The molecule has 3 nitrogen and oxygen atoms in total. The van der Waals surface area contributed by atoms with Crippen molar-refractivity contribution in [1.82, 2.24) is 0 Å². The normalized spacial score (nSPS) is 10.5. The number of carbonyl (C=O) groups is 1. The SMILES string of the molecule is CCC[N+](CCC)(CCC)CCC.O=C[O-]. The molecule has 0 amide bonds. The Balaban J connectivity index is 0. The van der Waals surface area contributed by atoms with Gasteiger partial charge in [0.1, 0.15) is 0 Å². The van der Waals surface area contributed by atoms with Crippen LogP contribution in [0.3, 0.4) is 0 Å². The largest absolute Gasteiger partial charge is 0.554 e. The number of hydrogen-bond acceptors (Lipinski definition) is 2. The second kappa shape index (κ2) is 12.5. The predicted octanol–water partition coefficient (Wildman–Crippen LogP) is 1.81. The molecule has 0 N–H and O–H groups in total. The Kier molecular flexibility index (Phi) is 13.9. The van der Waals surface area contributed by atoms with E-state index >= 15 is 0 Å². The summed E-state index contributed by atoms with van der Waals surface area (Å²) in [6.07, 6.45) is 5.33. The van der Waals surface area contributed by atoms with Gasteiger partial charge in [0, 0.05) is 6.47 Å². The number of carbonyl (C=O) groups excluding carboxylic acids is 1. The third-order valence-corrected chi connectivity index (χ3v) is 2.79. The highest BCUT2D eigenvalue weighted by atomic mass is 16.3. The van der Waals surface area contributed by atoms with E-state index in [1.54, 1.807) is 0 Å². The van der Waals surface area contributed by atoms with Crippen LogP contribution in [-0.2, 0) is 4.79 Å². The molecule has 0 heterocycles. The van der Waals surface area contributed by atoms with Crippen LogP contribution >= 0.6 is 0 Å². The van der Waals surface area contributed by atoms with Crippen LogP contribution in [0.4, 0.5) is 0 Å². The van der Waals surface area contributed by atoms with Gasteiger partial charge in [0.25, 0.3) is 0 Å². The molecule has 0 aromatic rings. The summed E-state index contributed by atoms with van der Waals surface area (Å²) in [5, 5.41) is 8.25. The van der Waals surface area contributed by atoms with E-state index in [1.165, 1.54) is 56.3 Å². The lowest BCUT2D eigenvalue weighted by Gasteiger charge is -2.38. The van der Waals surface area contributed by atoms with Crippen molar-refractivity contribution in [2.45, 2.75) is 53.4 Å². The van der Waals surface area contributed by atoms with Crippen molar-refractivity contribution in [1.29, 1.82) is 0 Å². The van der Waals surface area contributed by atoms with Crippen molar-refractivity contribution in [2.24, 2.45) is 0 Å². The molecule has 0 aliphatic carbocycles. The Morgan fingerprint density at radius 2 is 1.00 bits per heavy atom. The molecule has 16 heavy (non-hydrogen) atoms. The van der Waals surface area contributed by atoms with Gasteiger partial charge in [-0.15, -0.1) is 0 Å². The van der Waals surface area contributed by atoms with Gasteiger partial charge in [-0.25, -0.2) is 0 Å². The smallest absolute Gasteiger partial charge is 0.0783 e. The molecule has 0 aliphatic heterocycles. The van der Waals surface area contributed by atoms with Crippen molar-refractivity contribution in [2.75, 3.05) is 26.2 Å². The van der Waals surface area contributed by atoms with Crippen LogP contribution in [0, 0.1) is 0 Å². The Bertz CT molecular complexity index is 119. The van der Waals surface area contributed by atoms with Gasteiger partial charge < -0.3 is 14.4 Å². The molecule has 0 unspecified atom stereocenters. The van der Waals surface area contributed by atoms with Crippen molar-refractivity contribution < 1.29 is 14.4 Å².